The maximum absolute atomic E-state index is 10.5. The Morgan fingerprint density at radius 1 is 1.36 bits per heavy atom. The predicted octanol–water partition coefficient (Wildman–Crippen LogP) is 0.0440. The van der Waals surface area contributed by atoms with E-state index in [2.05, 4.69) is 0 Å². The van der Waals surface area contributed by atoms with Crippen LogP contribution in [0.15, 0.2) is 0 Å². The third kappa shape index (κ3) is 2.86. The molecule has 0 radical (unpaired) electrons. The number of carbonyl (C=O) groups is 1. The fourth-order valence-corrected chi connectivity index (χ4v) is 1.15. The Kier molecular flexibility index (Phi) is 3.02. The molecular weight excluding hydrogens is 148 g/mol. The van der Waals surface area contributed by atoms with Crippen LogP contribution in [0.1, 0.15) is 20.8 Å². The van der Waals surface area contributed by atoms with Gasteiger partial charge in [-0.05, 0) is 12.8 Å². The average molecular weight is 162 g/mol. The molecule has 0 aromatic rings. The second kappa shape index (κ2) is 3.19. The fraction of sp³-hybridized carbons (Fsp3) is 0.857. The van der Waals surface area contributed by atoms with Gasteiger partial charge in [-0.25, -0.2) is 0 Å². The molecule has 0 fully saturated rings. The Labute approximate surface area is 65.5 Å². The number of carboxylic acid groups (broad SMARTS) is 1. The molecule has 11 heavy (non-hydrogen) atoms. The molecule has 0 aliphatic rings. The highest BCUT2D eigenvalue weighted by molar-refractivity contribution is 5.71. The first kappa shape index (κ1) is 10.4. The molecule has 0 saturated heterocycles. The number of aliphatic hydroxyl groups is 2. The SMILES string of the molecule is CC(C)C(C(=O)O)C(C)(O)O. The molecule has 0 aliphatic heterocycles. The largest absolute Gasteiger partial charge is 0.481 e. The average Bonchev–Trinajstić information content (AvgIpc) is 1.54. The molecule has 0 aromatic carbocycles. The van der Waals surface area contributed by atoms with E-state index in [9.17, 15) is 4.79 Å². The van der Waals surface area contributed by atoms with E-state index in [4.69, 9.17) is 15.3 Å². The normalized spacial score (nSPS) is 15.1. The fourth-order valence-electron chi connectivity index (χ4n) is 1.15. The molecule has 0 spiro atoms. The quantitative estimate of drug-likeness (QED) is 0.512. The van der Waals surface area contributed by atoms with Crippen molar-refractivity contribution in [1.82, 2.24) is 0 Å². The lowest BCUT2D eigenvalue weighted by molar-refractivity contribution is -0.206. The van der Waals surface area contributed by atoms with Crippen LogP contribution in [-0.2, 0) is 4.79 Å². The van der Waals surface area contributed by atoms with Crippen LogP contribution in [0.4, 0.5) is 0 Å². The van der Waals surface area contributed by atoms with Crippen molar-refractivity contribution in [2.24, 2.45) is 11.8 Å². The highest BCUT2D eigenvalue weighted by Gasteiger charge is 2.37. The summed E-state index contributed by atoms with van der Waals surface area (Å²) in [7, 11) is 0. The highest BCUT2D eigenvalue weighted by atomic mass is 16.5. The topological polar surface area (TPSA) is 77.8 Å². The summed E-state index contributed by atoms with van der Waals surface area (Å²) in [4.78, 5) is 10.5. The minimum absolute atomic E-state index is 0.299. The van der Waals surface area contributed by atoms with Gasteiger partial charge in [-0.1, -0.05) is 13.8 Å². The Morgan fingerprint density at radius 3 is 1.73 bits per heavy atom. The summed E-state index contributed by atoms with van der Waals surface area (Å²) >= 11 is 0. The van der Waals surface area contributed by atoms with Crippen molar-refractivity contribution in [3.8, 4) is 0 Å². The van der Waals surface area contributed by atoms with E-state index < -0.39 is 17.7 Å². The van der Waals surface area contributed by atoms with Gasteiger partial charge in [-0.2, -0.15) is 0 Å². The van der Waals surface area contributed by atoms with E-state index in [0.29, 0.717) is 0 Å². The summed E-state index contributed by atoms with van der Waals surface area (Å²) in [5.41, 5.74) is 0. The zero-order chi connectivity index (χ0) is 9.23. The molecule has 0 aromatic heterocycles. The van der Waals surface area contributed by atoms with E-state index in [1.165, 1.54) is 0 Å². The van der Waals surface area contributed by atoms with Gasteiger partial charge >= 0.3 is 5.97 Å². The van der Waals surface area contributed by atoms with Gasteiger partial charge < -0.3 is 15.3 Å². The van der Waals surface area contributed by atoms with Gasteiger partial charge in [0, 0.05) is 0 Å². The Morgan fingerprint density at radius 2 is 1.73 bits per heavy atom. The highest BCUT2D eigenvalue weighted by Crippen LogP contribution is 2.22. The van der Waals surface area contributed by atoms with Gasteiger partial charge in [-0.15, -0.1) is 0 Å². The zero-order valence-electron chi connectivity index (χ0n) is 6.90. The van der Waals surface area contributed by atoms with Crippen molar-refractivity contribution in [3.63, 3.8) is 0 Å². The van der Waals surface area contributed by atoms with E-state index in [0.717, 1.165) is 6.92 Å². The molecule has 0 amide bonds. The summed E-state index contributed by atoms with van der Waals surface area (Å²) in [6, 6.07) is 0. The van der Waals surface area contributed by atoms with Crippen LogP contribution < -0.4 is 0 Å². The molecule has 3 N–H and O–H groups in total. The van der Waals surface area contributed by atoms with E-state index >= 15 is 0 Å². The first-order valence-electron chi connectivity index (χ1n) is 3.44. The third-order valence-electron chi connectivity index (χ3n) is 1.52. The van der Waals surface area contributed by atoms with Crippen LogP contribution in [0.25, 0.3) is 0 Å². The molecule has 66 valence electrons. The number of aliphatic carboxylic acids is 1. The van der Waals surface area contributed by atoms with Crippen LogP contribution in [0, 0.1) is 11.8 Å². The van der Waals surface area contributed by atoms with Crippen LogP contribution in [0.5, 0.6) is 0 Å². The number of rotatable bonds is 3. The first-order chi connectivity index (χ1) is 4.76. The van der Waals surface area contributed by atoms with Crippen molar-refractivity contribution < 1.29 is 20.1 Å². The van der Waals surface area contributed by atoms with Gasteiger partial charge in [-0.3, -0.25) is 4.79 Å². The van der Waals surface area contributed by atoms with Gasteiger partial charge in [0.15, 0.2) is 5.79 Å². The number of carboxylic acids is 1. The van der Waals surface area contributed by atoms with E-state index in [1.54, 1.807) is 13.8 Å². The van der Waals surface area contributed by atoms with E-state index in [1.807, 2.05) is 0 Å². The van der Waals surface area contributed by atoms with Crippen LogP contribution in [0.3, 0.4) is 0 Å². The monoisotopic (exact) mass is 162 g/mol. The van der Waals surface area contributed by atoms with Gasteiger partial charge in [0.2, 0.25) is 0 Å². The number of hydrogen-bond acceptors (Lipinski definition) is 3. The van der Waals surface area contributed by atoms with Crippen molar-refractivity contribution in [1.29, 1.82) is 0 Å². The standard InChI is InChI=1S/C7H14O4/c1-4(2)5(6(8)9)7(3,10)11/h4-5,10-11H,1-3H3,(H,8,9). The molecule has 0 aliphatic carbocycles. The molecule has 1 atom stereocenters. The molecule has 0 bridgehead atoms. The number of hydrogen-bond donors (Lipinski definition) is 3. The predicted molar refractivity (Wildman–Crippen MR) is 38.8 cm³/mol. The Hall–Kier alpha value is -0.610. The van der Waals surface area contributed by atoms with Gasteiger partial charge in [0.05, 0.1) is 0 Å². The van der Waals surface area contributed by atoms with Crippen LogP contribution in [0.2, 0.25) is 0 Å². The van der Waals surface area contributed by atoms with Crippen molar-refractivity contribution in [3.05, 3.63) is 0 Å². The van der Waals surface area contributed by atoms with Crippen molar-refractivity contribution >= 4 is 5.97 Å². The van der Waals surface area contributed by atoms with Crippen molar-refractivity contribution in [2.75, 3.05) is 0 Å². The summed E-state index contributed by atoms with van der Waals surface area (Å²) in [5.74, 6) is -4.76. The Balaban J connectivity index is 4.49. The first-order valence-corrected chi connectivity index (χ1v) is 3.44. The lowest BCUT2D eigenvalue weighted by Gasteiger charge is -2.26. The molecular formula is C7H14O4. The molecule has 4 heteroatoms. The molecule has 4 nitrogen and oxygen atoms in total. The minimum atomic E-state index is -2.14. The summed E-state index contributed by atoms with van der Waals surface area (Å²) in [6.07, 6.45) is 0. The summed E-state index contributed by atoms with van der Waals surface area (Å²) in [5, 5.41) is 26.5. The maximum Gasteiger partial charge on any atom is 0.312 e. The summed E-state index contributed by atoms with van der Waals surface area (Å²) in [6.45, 7) is 4.33. The van der Waals surface area contributed by atoms with Crippen molar-refractivity contribution in [2.45, 2.75) is 26.6 Å². The molecule has 1 unspecified atom stereocenters. The molecule has 0 saturated carbocycles. The van der Waals surface area contributed by atoms with Crippen LogP contribution >= 0.6 is 0 Å². The lowest BCUT2D eigenvalue weighted by Crippen LogP contribution is -2.42. The third-order valence-corrected chi connectivity index (χ3v) is 1.52. The Bertz CT molecular complexity index is 145. The molecule has 0 heterocycles. The van der Waals surface area contributed by atoms with E-state index in [-0.39, 0.29) is 5.92 Å². The summed E-state index contributed by atoms with van der Waals surface area (Å²) < 4.78 is 0. The smallest absolute Gasteiger partial charge is 0.312 e. The second-order valence-electron chi connectivity index (χ2n) is 3.15. The lowest BCUT2D eigenvalue weighted by atomic mass is 9.89. The van der Waals surface area contributed by atoms with Gasteiger partial charge in [0.1, 0.15) is 5.92 Å². The molecule has 0 rings (SSSR count). The second-order valence-corrected chi connectivity index (χ2v) is 3.15. The van der Waals surface area contributed by atoms with Gasteiger partial charge in [0.25, 0.3) is 0 Å². The van der Waals surface area contributed by atoms with Crippen LogP contribution in [-0.4, -0.2) is 27.1 Å². The zero-order valence-corrected chi connectivity index (χ0v) is 6.90. The minimum Gasteiger partial charge on any atom is -0.481 e. The maximum atomic E-state index is 10.5.